The van der Waals surface area contributed by atoms with Crippen LogP contribution in [0.4, 0.5) is 0 Å². The number of sulfonamides is 1. The zero-order valence-corrected chi connectivity index (χ0v) is 8.38. The van der Waals surface area contributed by atoms with Gasteiger partial charge in [-0.2, -0.15) is 0 Å². The standard InChI is InChI=1S/C8H12N2O2S/c1-7(2)10-13(11,12)8-5-3-4-6-9-8/h3-7,10H,1-2H3. The van der Waals surface area contributed by atoms with Crippen LogP contribution in [0, 0.1) is 0 Å². The van der Waals surface area contributed by atoms with Crippen molar-refractivity contribution >= 4 is 10.0 Å². The van der Waals surface area contributed by atoms with Crippen molar-refractivity contribution in [2.45, 2.75) is 24.9 Å². The van der Waals surface area contributed by atoms with Crippen LogP contribution >= 0.6 is 0 Å². The van der Waals surface area contributed by atoms with E-state index in [1.54, 1.807) is 26.0 Å². The van der Waals surface area contributed by atoms with Gasteiger partial charge in [0.15, 0.2) is 5.03 Å². The lowest BCUT2D eigenvalue weighted by Crippen LogP contribution is -2.30. The van der Waals surface area contributed by atoms with Crippen LogP contribution in [0.3, 0.4) is 0 Å². The Kier molecular flexibility index (Phi) is 3.00. The summed E-state index contributed by atoms with van der Waals surface area (Å²) in [5.74, 6) is 0. The normalized spacial score (nSPS) is 11.9. The molecule has 0 saturated heterocycles. The lowest BCUT2D eigenvalue weighted by atomic mass is 10.4. The summed E-state index contributed by atoms with van der Waals surface area (Å²) < 4.78 is 25.4. The molecule has 0 unspecified atom stereocenters. The first-order chi connectivity index (χ1) is 6.02. The molecule has 0 aliphatic rings. The van der Waals surface area contributed by atoms with E-state index in [-0.39, 0.29) is 11.1 Å². The van der Waals surface area contributed by atoms with Gasteiger partial charge >= 0.3 is 0 Å². The first kappa shape index (κ1) is 10.1. The Morgan fingerprint density at radius 2 is 2.08 bits per heavy atom. The Hall–Kier alpha value is -0.940. The van der Waals surface area contributed by atoms with Gasteiger partial charge in [-0.15, -0.1) is 0 Å². The van der Waals surface area contributed by atoms with Crippen LogP contribution in [-0.4, -0.2) is 19.4 Å². The topological polar surface area (TPSA) is 59.1 Å². The van der Waals surface area contributed by atoms with Crippen molar-refractivity contribution in [2.75, 3.05) is 0 Å². The molecule has 5 heteroatoms. The number of pyridine rings is 1. The number of aromatic nitrogens is 1. The average molecular weight is 200 g/mol. The fourth-order valence-electron chi connectivity index (χ4n) is 0.877. The predicted octanol–water partition coefficient (Wildman–Crippen LogP) is 0.768. The Labute approximate surface area is 78.1 Å². The molecular formula is C8H12N2O2S. The van der Waals surface area contributed by atoms with Gasteiger partial charge < -0.3 is 0 Å². The fourth-order valence-corrected chi connectivity index (χ4v) is 2.08. The number of rotatable bonds is 3. The van der Waals surface area contributed by atoms with Gasteiger partial charge in [-0.05, 0) is 26.0 Å². The van der Waals surface area contributed by atoms with E-state index in [2.05, 4.69) is 9.71 Å². The highest BCUT2D eigenvalue weighted by Crippen LogP contribution is 2.03. The Morgan fingerprint density at radius 3 is 2.54 bits per heavy atom. The molecule has 1 aromatic heterocycles. The summed E-state index contributed by atoms with van der Waals surface area (Å²) >= 11 is 0. The van der Waals surface area contributed by atoms with Crippen molar-refractivity contribution in [2.24, 2.45) is 0 Å². The molecule has 13 heavy (non-hydrogen) atoms. The summed E-state index contributed by atoms with van der Waals surface area (Å²) in [6.45, 7) is 3.53. The van der Waals surface area contributed by atoms with Crippen molar-refractivity contribution in [3.05, 3.63) is 24.4 Å². The van der Waals surface area contributed by atoms with Gasteiger partial charge in [-0.1, -0.05) is 6.07 Å². The van der Waals surface area contributed by atoms with Crippen LogP contribution < -0.4 is 4.72 Å². The maximum atomic E-state index is 11.5. The van der Waals surface area contributed by atoms with Crippen LogP contribution in [0.25, 0.3) is 0 Å². The Balaban J connectivity index is 2.96. The van der Waals surface area contributed by atoms with E-state index in [4.69, 9.17) is 0 Å². The summed E-state index contributed by atoms with van der Waals surface area (Å²) in [6.07, 6.45) is 1.45. The predicted molar refractivity (Wildman–Crippen MR) is 49.7 cm³/mol. The van der Waals surface area contributed by atoms with Crippen LogP contribution in [0.15, 0.2) is 29.4 Å². The van der Waals surface area contributed by atoms with Crippen LogP contribution in [0.5, 0.6) is 0 Å². The second-order valence-corrected chi connectivity index (χ2v) is 4.60. The first-order valence-electron chi connectivity index (χ1n) is 3.96. The molecule has 0 aromatic carbocycles. The van der Waals surface area contributed by atoms with Gasteiger partial charge in [0, 0.05) is 12.2 Å². The van der Waals surface area contributed by atoms with Gasteiger partial charge in [0.05, 0.1) is 0 Å². The largest absolute Gasteiger partial charge is 0.258 e. The third-order valence-electron chi connectivity index (χ3n) is 1.30. The third kappa shape index (κ3) is 2.78. The number of nitrogens with one attached hydrogen (secondary N) is 1. The molecule has 0 spiro atoms. The van der Waals surface area contributed by atoms with Crippen LogP contribution in [0.1, 0.15) is 13.8 Å². The highest BCUT2D eigenvalue weighted by atomic mass is 32.2. The monoisotopic (exact) mass is 200 g/mol. The number of hydrogen-bond acceptors (Lipinski definition) is 3. The molecule has 0 aliphatic heterocycles. The van der Waals surface area contributed by atoms with E-state index >= 15 is 0 Å². The highest BCUT2D eigenvalue weighted by Gasteiger charge is 2.15. The van der Waals surface area contributed by atoms with E-state index in [1.807, 2.05) is 0 Å². The smallest absolute Gasteiger partial charge is 0.243 e. The summed E-state index contributed by atoms with van der Waals surface area (Å²) in [5.41, 5.74) is 0. The molecule has 1 rings (SSSR count). The summed E-state index contributed by atoms with van der Waals surface area (Å²) in [4.78, 5) is 3.75. The third-order valence-corrected chi connectivity index (χ3v) is 2.88. The molecule has 0 atom stereocenters. The maximum Gasteiger partial charge on any atom is 0.258 e. The minimum Gasteiger partial charge on any atom is -0.243 e. The van der Waals surface area contributed by atoms with E-state index in [1.165, 1.54) is 12.3 Å². The van der Waals surface area contributed by atoms with Crippen molar-refractivity contribution in [3.8, 4) is 0 Å². The van der Waals surface area contributed by atoms with E-state index in [0.717, 1.165) is 0 Å². The summed E-state index contributed by atoms with van der Waals surface area (Å²) in [5, 5.41) is 0.0590. The second-order valence-electron chi connectivity index (χ2n) is 2.94. The summed E-state index contributed by atoms with van der Waals surface area (Å²) in [7, 11) is -3.42. The van der Waals surface area contributed by atoms with Crippen molar-refractivity contribution in [1.29, 1.82) is 0 Å². The molecule has 0 saturated carbocycles. The van der Waals surface area contributed by atoms with E-state index < -0.39 is 10.0 Å². The molecule has 0 radical (unpaired) electrons. The van der Waals surface area contributed by atoms with Crippen LogP contribution in [-0.2, 0) is 10.0 Å². The molecule has 1 aromatic rings. The molecule has 1 heterocycles. The molecule has 0 aliphatic carbocycles. The van der Waals surface area contributed by atoms with Crippen molar-refractivity contribution in [1.82, 2.24) is 9.71 Å². The van der Waals surface area contributed by atoms with Crippen LogP contribution in [0.2, 0.25) is 0 Å². The molecule has 0 bridgehead atoms. The molecule has 4 nitrogen and oxygen atoms in total. The number of hydrogen-bond donors (Lipinski definition) is 1. The molecule has 1 N–H and O–H groups in total. The molecule has 72 valence electrons. The first-order valence-corrected chi connectivity index (χ1v) is 5.44. The minimum absolute atomic E-state index is 0.0590. The Bertz CT molecular complexity index is 359. The van der Waals surface area contributed by atoms with Gasteiger partial charge in [0.1, 0.15) is 0 Å². The maximum absolute atomic E-state index is 11.5. The highest BCUT2D eigenvalue weighted by molar-refractivity contribution is 7.89. The minimum atomic E-state index is -3.42. The SMILES string of the molecule is CC(C)NS(=O)(=O)c1ccccn1. The zero-order valence-electron chi connectivity index (χ0n) is 7.56. The van der Waals surface area contributed by atoms with Crippen molar-refractivity contribution in [3.63, 3.8) is 0 Å². The summed E-state index contributed by atoms with van der Waals surface area (Å²) in [6, 6.07) is 4.66. The van der Waals surface area contributed by atoms with Gasteiger partial charge in [0.25, 0.3) is 10.0 Å². The average Bonchev–Trinajstić information content (AvgIpc) is 2.04. The van der Waals surface area contributed by atoms with E-state index in [9.17, 15) is 8.42 Å². The van der Waals surface area contributed by atoms with E-state index in [0.29, 0.717) is 0 Å². The van der Waals surface area contributed by atoms with Gasteiger partial charge in [0.2, 0.25) is 0 Å². The lowest BCUT2D eigenvalue weighted by Gasteiger charge is -2.07. The molecule has 0 fully saturated rings. The lowest BCUT2D eigenvalue weighted by molar-refractivity contribution is 0.566. The van der Waals surface area contributed by atoms with Gasteiger partial charge in [-0.3, -0.25) is 0 Å². The fraction of sp³-hybridized carbons (Fsp3) is 0.375. The van der Waals surface area contributed by atoms with Gasteiger partial charge in [-0.25, -0.2) is 18.1 Å². The zero-order chi connectivity index (χ0) is 9.90. The second kappa shape index (κ2) is 3.85. The number of nitrogens with zero attached hydrogens (tertiary/aromatic N) is 1. The molecular weight excluding hydrogens is 188 g/mol. The Morgan fingerprint density at radius 1 is 1.38 bits per heavy atom. The quantitative estimate of drug-likeness (QED) is 0.784. The van der Waals surface area contributed by atoms with Crippen molar-refractivity contribution < 1.29 is 8.42 Å². The molecule has 0 amide bonds.